The minimum Gasteiger partial charge on any atom is -0.459 e. The van der Waals surface area contributed by atoms with Gasteiger partial charge in [-0.3, -0.25) is 9.59 Å². The second-order valence-corrected chi connectivity index (χ2v) is 9.19. The van der Waals surface area contributed by atoms with Crippen LogP contribution in [0.4, 0.5) is 0 Å². The standard InChI is InChI=1S/C23H30O4/c1-14(24)26-17-6-8-18-16(13-17)5-7-20-19(18)9-11-22(3)21(20)10-12-23(22,4)27-15(2)25/h6,8,13,19-21H,5,7,9-12H2,1-4H3/t19-,20-,21+,22+,23+/m0/s1. The lowest BCUT2D eigenvalue weighted by Gasteiger charge is -2.53. The molecule has 4 heteroatoms. The number of fused-ring (bicyclic) bond motifs is 5. The van der Waals surface area contributed by atoms with Gasteiger partial charge in [-0.05, 0) is 86.5 Å². The summed E-state index contributed by atoms with van der Waals surface area (Å²) in [5, 5.41) is 0. The number of rotatable bonds is 2. The first-order valence-corrected chi connectivity index (χ1v) is 10.2. The van der Waals surface area contributed by atoms with E-state index in [-0.39, 0.29) is 23.0 Å². The van der Waals surface area contributed by atoms with E-state index >= 15 is 0 Å². The summed E-state index contributed by atoms with van der Waals surface area (Å²) < 4.78 is 11.2. The summed E-state index contributed by atoms with van der Waals surface area (Å²) >= 11 is 0. The Morgan fingerprint density at radius 2 is 1.81 bits per heavy atom. The average molecular weight is 370 g/mol. The van der Waals surface area contributed by atoms with Crippen molar-refractivity contribution in [1.29, 1.82) is 0 Å². The highest BCUT2D eigenvalue weighted by Crippen LogP contribution is 2.65. The lowest BCUT2D eigenvalue weighted by molar-refractivity contribution is -0.173. The van der Waals surface area contributed by atoms with Gasteiger partial charge in [0.05, 0.1) is 0 Å². The summed E-state index contributed by atoms with van der Waals surface area (Å²) in [6.07, 6.45) is 6.53. The summed E-state index contributed by atoms with van der Waals surface area (Å²) in [6.45, 7) is 7.48. The van der Waals surface area contributed by atoms with Gasteiger partial charge < -0.3 is 9.47 Å². The lowest BCUT2D eigenvalue weighted by atomic mass is 9.53. The molecule has 5 atom stereocenters. The molecule has 0 radical (unpaired) electrons. The molecule has 0 unspecified atom stereocenters. The molecule has 0 N–H and O–H groups in total. The van der Waals surface area contributed by atoms with Crippen LogP contribution in [0.15, 0.2) is 18.2 Å². The molecule has 0 spiro atoms. The number of ether oxygens (including phenoxy) is 2. The van der Waals surface area contributed by atoms with Crippen molar-refractivity contribution in [2.75, 3.05) is 0 Å². The minimum atomic E-state index is -0.339. The zero-order valence-corrected chi connectivity index (χ0v) is 16.8. The molecule has 1 aromatic carbocycles. The van der Waals surface area contributed by atoms with Gasteiger partial charge in [0.2, 0.25) is 0 Å². The summed E-state index contributed by atoms with van der Waals surface area (Å²) in [4.78, 5) is 23.0. The molecule has 3 aliphatic carbocycles. The number of aryl methyl sites for hydroxylation is 1. The van der Waals surface area contributed by atoms with Gasteiger partial charge in [0, 0.05) is 19.3 Å². The van der Waals surface area contributed by atoms with Crippen molar-refractivity contribution in [3.05, 3.63) is 29.3 Å². The zero-order valence-electron chi connectivity index (χ0n) is 16.8. The van der Waals surface area contributed by atoms with Crippen LogP contribution in [-0.4, -0.2) is 17.5 Å². The summed E-state index contributed by atoms with van der Waals surface area (Å²) in [7, 11) is 0. The van der Waals surface area contributed by atoms with Crippen LogP contribution in [0.3, 0.4) is 0 Å². The number of hydrogen-bond acceptors (Lipinski definition) is 4. The van der Waals surface area contributed by atoms with Crippen LogP contribution in [0, 0.1) is 17.3 Å². The highest BCUT2D eigenvalue weighted by Gasteiger charge is 2.61. The van der Waals surface area contributed by atoms with Gasteiger partial charge in [0.15, 0.2) is 0 Å². The molecule has 0 bridgehead atoms. The summed E-state index contributed by atoms with van der Waals surface area (Å²) in [5.74, 6) is 2.04. The van der Waals surface area contributed by atoms with Gasteiger partial charge in [0.1, 0.15) is 11.4 Å². The molecule has 1 aromatic rings. The number of hydrogen-bond donors (Lipinski definition) is 0. The van der Waals surface area contributed by atoms with Crippen molar-refractivity contribution in [2.45, 2.75) is 77.7 Å². The molecule has 2 saturated carbocycles. The van der Waals surface area contributed by atoms with Crippen LogP contribution < -0.4 is 4.74 Å². The van der Waals surface area contributed by atoms with Gasteiger partial charge >= 0.3 is 11.9 Å². The van der Waals surface area contributed by atoms with Crippen LogP contribution >= 0.6 is 0 Å². The quantitative estimate of drug-likeness (QED) is 0.555. The Hall–Kier alpha value is -1.84. The predicted molar refractivity (Wildman–Crippen MR) is 103 cm³/mol. The molecule has 4 rings (SSSR count). The molecule has 3 aliphatic rings. The molecular formula is C23H30O4. The van der Waals surface area contributed by atoms with E-state index in [1.54, 1.807) is 0 Å². The Labute approximate surface area is 161 Å². The Morgan fingerprint density at radius 1 is 1.04 bits per heavy atom. The number of carbonyl (C=O) groups is 2. The van der Waals surface area contributed by atoms with Gasteiger partial charge in [-0.2, -0.15) is 0 Å². The van der Waals surface area contributed by atoms with Crippen LogP contribution in [0.2, 0.25) is 0 Å². The smallest absolute Gasteiger partial charge is 0.308 e. The maximum absolute atomic E-state index is 11.7. The highest BCUT2D eigenvalue weighted by molar-refractivity contribution is 5.69. The fourth-order valence-electron chi connectivity index (χ4n) is 6.50. The van der Waals surface area contributed by atoms with Crippen LogP contribution in [0.5, 0.6) is 5.75 Å². The molecule has 0 aliphatic heterocycles. The van der Waals surface area contributed by atoms with E-state index < -0.39 is 0 Å². The fraction of sp³-hybridized carbons (Fsp3) is 0.652. The first-order chi connectivity index (χ1) is 12.7. The topological polar surface area (TPSA) is 52.6 Å². The van der Waals surface area contributed by atoms with Crippen molar-refractivity contribution in [3.63, 3.8) is 0 Å². The molecule has 2 fully saturated rings. The Balaban J connectivity index is 1.61. The lowest BCUT2D eigenvalue weighted by Crippen LogP contribution is -2.51. The van der Waals surface area contributed by atoms with Crippen molar-refractivity contribution < 1.29 is 19.1 Å². The van der Waals surface area contributed by atoms with Crippen LogP contribution in [-0.2, 0) is 20.7 Å². The second-order valence-electron chi connectivity index (χ2n) is 9.19. The molecule has 0 heterocycles. The summed E-state index contributed by atoms with van der Waals surface area (Å²) in [6, 6.07) is 6.17. The van der Waals surface area contributed by atoms with Crippen LogP contribution in [0.1, 0.15) is 76.8 Å². The Morgan fingerprint density at radius 3 is 2.52 bits per heavy atom. The van der Waals surface area contributed by atoms with E-state index in [1.165, 1.54) is 25.0 Å². The van der Waals surface area contributed by atoms with Crippen molar-refractivity contribution >= 4 is 11.9 Å². The predicted octanol–water partition coefficient (Wildman–Crippen LogP) is 4.79. The van der Waals surface area contributed by atoms with Crippen molar-refractivity contribution in [3.8, 4) is 5.75 Å². The third kappa shape index (κ3) is 2.88. The van der Waals surface area contributed by atoms with E-state index in [0.29, 0.717) is 23.5 Å². The van der Waals surface area contributed by atoms with Gasteiger partial charge in [-0.1, -0.05) is 13.0 Å². The van der Waals surface area contributed by atoms with E-state index in [1.807, 2.05) is 6.07 Å². The first kappa shape index (κ1) is 18.5. The number of esters is 2. The Bertz CT molecular complexity index is 785. The van der Waals surface area contributed by atoms with Gasteiger partial charge in [-0.15, -0.1) is 0 Å². The molecule has 27 heavy (non-hydrogen) atoms. The van der Waals surface area contributed by atoms with E-state index in [9.17, 15) is 9.59 Å². The highest BCUT2D eigenvalue weighted by atomic mass is 16.6. The molecule has 146 valence electrons. The third-order valence-corrected chi connectivity index (χ3v) is 7.86. The average Bonchev–Trinajstić information content (AvgIpc) is 2.84. The van der Waals surface area contributed by atoms with Crippen LogP contribution in [0.25, 0.3) is 0 Å². The van der Waals surface area contributed by atoms with Gasteiger partial charge in [-0.25, -0.2) is 0 Å². The molecule has 4 nitrogen and oxygen atoms in total. The maximum Gasteiger partial charge on any atom is 0.308 e. The molecular weight excluding hydrogens is 340 g/mol. The zero-order chi connectivity index (χ0) is 19.4. The third-order valence-electron chi connectivity index (χ3n) is 7.86. The number of benzene rings is 1. The Kier molecular flexibility index (Phi) is 4.36. The van der Waals surface area contributed by atoms with Crippen molar-refractivity contribution in [2.24, 2.45) is 17.3 Å². The van der Waals surface area contributed by atoms with E-state index in [4.69, 9.17) is 9.47 Å². The van der Waals surface area contributed by atoms with E-state index in [0.717, 1.165) is 38.5 Å². The first-order valence-electron chi connectivity index (χ1n) is 10.2. The summed E-state index contributed by atoms with van der Waals surface area (Å²) in [5.41, 5.74) is 2.49. The largest absolute Gasteiger partial charge is 0.459 e. The molecule has 0 saturated heterocycles. The number of carbonyl (C=O) groups excluding carboxylic acids is 2. The van der Waals surface area contributed by atoms with Gasteiger partial charge in [0.25, 0.3) is 0 Å². The molecule has 0 aromatic heterocycles. The fourth-order valence-corrected chi connectivity index (χ4v) is 6.50. The maximum atomic E-state index is 11.7. The van der Waals surface area contributed by atoms with E-state index in [2.05, 4.69) is 26.0 Å². The SMILES string of the molecule is CC(=O)Oc1ccc2c(c1)CC[C@@H]1[C@H]3CC[C@@](C)(OC(C)=O)[C@]3(C)CC[C@@H]21. The monoisotopic (exact) mass is 370 g/mol. The molecule has 0 amide bonds. The minimum absolute atomic E-state index is 0.0645. The van der Waals surface area contributed by atoms with Crippen molar-refractivity contribution in [1.82, 2.24) is 0 Å². The second kappa shape index (κ2) is 6.35. The normalized spacial score (nSPS) is 37.0.